The average molecular weight is 356 g/mol. The van der Waals surface area contributed by atoms with Gasteiger partial charge in [-0.1, -0.05) is 29.8 Å². The van der Waals surface area contributed by atoms with E-state index in [1.807, 2.05) is 6.92 Å². The number of benzene rings is 2. The molecule has 0 fully saturated rings. The molecule has 0 saturated carbocycles. The summed E-state index contributed by atoms with van der Waals surface area (Å²) in [6, 6.07) is 14.6. The predicted octanol–water partition coefficient (Wildman–Crippen LogP) is 2.86. The molecule has 128 valence electrons. The van der Waals surface area contributed by atoms with E-state index >= 15 is 0 Å². The molecule has 2 aromatic carbocycles. The van der Waals surface area contributed by atoms with E-state index in [-0.39, 0.29) is 4.90 Å². The molecule has 0 aliphatic heterocycles. The Labute approximate surface area is 144 Å². The lowest BCUT2D eigenvalue weighted by Gasteiger charge is -2.10. The van der Waals surface area contributed by atoms with Crippen molar-refractivity contribution < 1.29 is 13.5 Å². The predicted molar refractivity (Wildman–Crippen MR) is 96.2 cm³/mol. The van der Waals surface area contributed by atoms with Gasteiger partial charge in [-0.2, -0.15) is 0 Å². The van der Waals surface area contributed by atoms with Crippen molar-refractivity contribution in [3.63, 3.8) is 0 Å². The zero-order valence-electron chi connectivity index (χ0n) is 13.4. The molecule has 0 spiro atoms. The number of aryl methyl sites for hydroxylation is 1. The minimum Gasteiger partial charge on any atom is -0.503 e. The van der Waals surface area contributed by atoms with Crippen molar-refractivity contribution in [3.8, 4) is 16.9 Å². The first-order valence-corrected chi connectivity index (χ1v) is 8.95. The SMILES string of the molecule is Cc1ccc(S(=O)(=O)Nc2cccc(-c3c[nH]c(=O)c(O)c3)c2)cc1. The average Bonchev–Trinajstić information content (AvgIpc) is 2.57. The number of sulfonamides is 1. The summed E-state index contributed by atoms with van der Waals surface area (Å²) in [6.45, 7) is 1.88. The lowest BCUT2D eigenvalue weighted by Crippen LogP contribution is -2.12. The van der Waals surface area contributed by atoms with E-state index in [2.05, 4.69) is 9.71 Å². The largest absolute Gasteiger partial charge is 0.503 e. The summed E-state index contributed by atoms with van der Waals surface area (Å²) in [5, 5.41) is 9.53. The minimum atomic E-state index is -3.70. The Morgan fingerprint density at radius 3 is 2.40 bits per heavy atom. The molecule has 0 saturated heterocycles. The van der Waals surface area contributed by atoms with Crippen molar-refractivity contribution in [1.82, 2.24) is 4.98 Å². The second kappa shape index (κ2) is 6.45. The smallest absolute Gasteiger partial charge is 0.290 e. The van der Waals surface area contributed by atoms with Crippen LogP contribution in [0.3, 0.4) is 0 Å². The van der Waals surface area contributed by atoms with Crippen molar-refractivity contribution in [3.05, 3.63) is 76.7 Å². The van der Waals surface area contributed by atoms with Crippen LogP contribution in [0.4, 0.5) is 5.69 Å². The van der Waals surface area contributed by atoms with Gasteiger partial charge in [-0.3, -0.25) is 9.52 Å². The van der Waals surface area contributed by atoms with Gasteiger partial charge < -0.3 is 10.1 Å². The van der Waals surface area contributed by atoms with E-state index in [1.165, 1.54) is 12.3 Å². The van der Waals surface area contributed by atoms with E-state index in [0.29, 0.717) is 16.8 Å². The van der Waals surface area contributed by atoms with E-state index in [9.17, 15) is 18.3 Å². The molecule has 3 rings (SSSR count). The van der Waals surface area contributed by atoms with Crippen molar-refractivity contribution in [2.24, 2.45) is 0 Å². The number of H-pyrrole nitrogens is 1. The van der Waals surface area contributed by atoms with Gasteiger partial charge in [-0.15, -0.1) is 0 Å². The van der Waals surface area contributed by atoms with Gasteiger partial charge in [0.05, 0.1) is 4.90 Å². The molecule has 1 heterocycles. The van der Waals surface area contributed by atoms with Gasteiger partial charge in [0, 0.05) is 17.4 Å². The van der Waals surface area contributed by atoms with Gasteiger partial charge in [-0.25, -0.2) is 8.42 Å². The number of aromatic nitrogens is 1. The molecule has 1 aromatic heterocycles. The molecule has 25 heavy (non-hydrogen) atoms. The number of hydrogen-bond donors (Lipinski definition) is 3. The maximum absolute atomic E-state index is 12.5. The van der Waals surface area contributed by atoms with Crippen LogP contribution in [0.1, 0.15) is 5.56 Å². The highest BCUT2D eigenvalue weighted by molar-refractivity contribution is 7.92. The van der Waals surface area contributed by atoms with Crippen molar-refractivity contribution >= 4 is 15.7 Å². The Kier molecular flexibility index (Phi) is 4.33. The molecule has 0 unspecified atom stereocenters. The Morgan fingerprint density at radius 2 is 1.72 bits per heavy atom. The topological polar surface area (TPSA) is 99.3 Å². The molecule has 0 amide bonds. The molecule has 0 aliphatic rings. The van der Waals surface area contributed by atoms with E-state index < -0.39 is 21.3 Å². The van der Waals surface area contributed by atoms with E-state index in [0.717, 1.165) is 5.56 Å². The van der Waals surface area contributed by atoms with E-state index in [4.69, 9.17) is 0 Å². The summed E-state index contributed by atoms with van der Waals surface area (Å²) < 4.78 is 27.4. The second-order valence-corrected chi connectivity index (χ2v) is 7.28. The highest BCUT2D eigenvalue weighted by Crippen LogP contribution is 2.25. The van der Waals surface area contributed by atoms with Crippen LogP contribution in [0.25, 0.3) is 11.1 Å². The van der Waals surface area contributed by atoms with Crippen LogP contribution in [0, 0.1) is 6.92 Å². The molecule has 0 aliphatic carbocycles. The molecule has 0 radical (unpaired) electrons. The molecule has 0 bridgehead atoms. The molecule has 7 heteroatoms. The van der Waals surface area contributed by atoms with E-state index in [1.54, 1.807) is 48.5 Å². The van der Waals surface area contributed by atoms with Crippen LogP contribution in [-0.2, 0) is 10.0 Å². The summed E-state index contributed by atoms with van der Waals surface area (Å²) >= 11 is 0. The first-order valence-electron chi connectivity index (χ1n) is 7.47. The number of anilines is 1. The summed E-state index contributed by atoms with van der Waals surface area (Å²) in [4.78, 5) is 13.8. The second-order valence-electron chi connectivity index (χ2n) is 5.60. The van der Waals surface area contributed by atoms with Gasteiger partial charge >= 0.3 is 0 Å². The van der Waals surface area contributed by atoms with Crippen molar-refractivity contribution in [1.29, 1.82) is 0 Å². The number of aromatic hydroxyl groups is 1. The first kappa shape index (κ1) is 16.8. The molecule has 3 aromatic rings. The van der Waals surface area contributed by atoms with Gasteiger partial charge in [0.15, 0.2) is 5.75 Å². The van der Waals surface area contributed by atoms with Crippen LogP contribution in [0.5, 0.6) is 5.75 Å². The molecule has 3 N–H and O–H groups in total. The number of pyridine rings is 1. The van der Waals surface area contributed by atoms with Crippen molar-refractivity contribution in [2.45, 2.75) is 11.8 Å². The third-order valence-corrected chi connectivity index (χ3v) is 5.06. The van der Waals surface area contributed by atoms with Crippen LogP contribution in [0.15, 0.2) is 70.5 Å². The fourth-order valence-corrected chi connectivity index (χ4v) is 3.38. The first-order chi connectivity index (χ1) is 11.8. The third-order valence-electron chi connectivity index (χ3n) is 3.66. The fourth-order valence-electron chi connectivity index (χ4n) is 2.33. The lowest BCUT2D eigenvalue weighted by atomic mass is 10.1. The number of nitrogens with one attached hydrogen (secondary N) is 2. The van der Waals surface area contributed by atoms with Gasteiger partial charge in [-0.05, 0) is 42.8 Å². The third kappa shape index (κ3) is 3.72. The minimum absolute atomic E-state index is 0.171. The van der Waals surface area contributed by atoms with Gasteiger partial charge in [0.2, 0.25) is 0 Å². The maximum atomic E-state index is 12.5. The molecule has 6 nitrogen and oxygen atoms in total. The number of aromatic amines is 1. The summed E-state index contributed by atoms with van der Waals surface area (Å²) in [5.74, 6) is -0.400. The number of hydrogen-bond acceptors (Lipinski definition) is 4. The highest BCUT2D eigenvalue weighted by atomic mass is 32.2. The van der Waals surface area contributed by atoms with Crippen LogP contribution in [0.2, 0.25) is 0 Å². The zero-order valence-corrected chi connectivity index (χ0v) is 14.2. The molecule has 0 atom stereocenters. The Hall–Kier alpha value is -3.06. The van der Waals surface area contributed by atoms with Gasteiger partial charge in [0.1, 0.15) is 0 Å². The van der Waals surface area contributed by atoms with Crippen LogP contribution < -0.4 is 10.3 Å². The van der Waals surface area contributed by atoms with Gasteiger partial charge in [0.25, 0.3) is 15.6 Å². The standard InChI is InChI=1S/C18H16N2O4S/c1-12-5-7-16(8-6-12)25(23,24)20-15-4-2-3-13(9-15)14-10-17(21)18(22)19-11-14/h2-11,20-21H,1H3,(H,19,22). The quantitative estimate of drug-likeness (QED) is 0.669. The summed E-state index contributed by atoms with van der Waals surface area (Å²) in [7, 11) is -3.70. The number of rotatable bonds is 4. The Morgan fingerprint density at radius 1 is 1.00 bits per heavy atom. The highest BCUT2D eigenvalue weighted by Gasteiger charge is 2.14. The molecular formula is C18H16N2O4S. The van der Waals surface area contributed by atoms with Crippen molar-refractivity contribution in [2.75, 3.05) is 4.72 Å². The molecular weight excluding hydrogens is 340 g/mol. The zero-order chi connectivity index (χ0) is 18.0. The summed E-state index contributed by atoms with van der Waals surface area (Å²) in [6.07, 6.45) is 1.45. The van der Waals surface area contributed by atoms with Crippen LogP contribution in [-0.4, -0.2) is 18.5 Å². The lowest BCUT2D eigenvalue weighted by molar-refractivity contribution is 0.467. The van der Waals surface area contributed by atoms with Crippen LogP contribution >= 0.6 is 0 Å². The fraction of sp³-hybridized carbons (Fsp3) is 0.0556. The summed E-state index contributed by atoms with van der Waals surface area (Å²) in [5.41, 5.74) is 1.98. The normalized spacial score (nSPS) is 11.2. The Bertz CT molecular complexity index is 1070. The maximum Gasteiger partial charge on any atom is 0.290 e. The monoisotopic (exact) mass is 356 g/mol. The Balaban J connectivity index is 1.92.